The Balaban J connectivity index is 3.11. The summed E-state index contributed by atoms with van der Waals surface area (Å²) in [7, 11) is -2.45. The molecule has 0 bridgehead atoms. The molecule has 0 unspecified atom stereocenters. The number of amides is 1. The van der Waals surface area contributed by atoms with Gasteiger partial charge in [0.2, 0.25) is 10.0 Å². The van der Waals surface area contributed by atoms with Gasteiger partial charge >= 0.3 is 6.09 Å². The van der Waals surface area contributed by atoms with Crippen molar-refractivity contribution in [3.63, 3.8) is 0 Å². The molecule has 0 fully saturated rings. The van der Waals surface area contributed by atoms with E-state index in [-0.39, 0.29) is 17.2 Å². The highest BCUT2D eigenvalue weighted by Crippen LogP contribution is 2.27. The average Bonchev–Trinajstić information content (AvgIpc) is 2.28. The van der Waals surface area contributed by atoms with Gasteiger partial charge in [-0.3, -0.25) is 5.32 Å². The van der Waals surface area contributed by atoms with Crippen LogP contribution in [0.4, 0.5) is 10.5 Å². The van der Waals surface area contributed by atoms with Crippen molar-refractivity contribution >= 4 is 21.8 Å². The van der Waals surface area contributed by atoms with Crippen molar-refractivity contribution in [2.24, 2.45) is 5.14 Å². The van der Waals surface area contributed by atoms with Gasteiger partial charge in [0.25, 0.3) is 0 Å². The quantitative estimate of drug-likeness (QED) is 0.848. The van der Waals surface area contributed by atoms with Crippen LogP contribution in [0.3, 0.4) is 0 Å². The number of sulfonamides is 1. The maximum absolute atomic E-state index is 11.3. The molecule has 0 atom stereocenters. The van der Waals surface area contributed by atoms with Gasteiger partial charge in [-0.1, -0.05) is 0 Å². The maximum Gasteiger partial charge on any atom is 0.411 e. The third-order valence-corrected chi connectivity index (χ3v) is 2.92. The molecule has 1 amide bonds. The standard InChI is InChI=1S/C10H14N2O5S/c1-3-17-10(13)12-8-6-7(18(11,14)15)4-5-9(8)16-2/h4-6H,3H2,1-2H3,(H,12,13)(H2,11,14,15). The molecular weight excluding hydrogens is 260 g/mol. The van der Waals surface area contributed by atoms with E-state index in [9.17, 15) is 13.2 Å². The van der Waals surface area contributed by atoms with Gasteiger partial charge in [-0.05, 0) is 25.1 Å². The Morgan fingerprint density at radius 1 is 1.44 bits per heavy atom. The Labute approximate surface area is 105 Å². The van der Waals surface area contributed by atoms with Crippen molar-refractivity contribution in [1.82, 2.24) is 0 Å². The fourth-order valence-corrected chi connectivity index (χ4v) is 1.78. The summed E-state index contributed by atoms with van der Waals surface area (Å²) in [6.45, 7) is 1.85. The monoisotopic (exact) mass is 274 g/mol. The molecule has 100 valence electrons. The van der Waals surface area contributed by atoms with E-state index in [1.165, 1.54) is 25.3 Å². The topological polar surface area (TPSA) is 108 Å². The van der Waals surface area contributed by atoms with Crippen LogP contribution >= 0.6 is 0 Å². The van der Waals surface area contributed by atoms with Crippen molar-refractivity contribution in [1.29, 1.82) is 0 Å². The molecule has 1 rings (SSSR count). The van der Waals surface area contributed by atoms with E-state index in [4.69, 9.17) is 9.88 Å². The van der Waals surface area contributed by atoms with Gasteiger partial charge in [-0.2, -0.15) is 0 Å². The first-order valence-electron chi connectivity index (χ1n) is 5.03. The highest BCUT2D eigenvalue weighted by atomic mass is 32.2. The number of methoxy groups -OCH3 is 1. The number of nitrogens with two attached hydrogens (primary N) is 1. The molecule has 8 heteroatoms. The normalized spacial score (nSPS) is 10.8. The lowest BCUT2D eigenvalue weighted by atomic mass is 10.3. The minimum Gasteiger partial charge on any atom is -0.495 e. The number of anilines is 1. The fourth-order valence-electron chi connectivity index (χ4n) is 1.24. The van der Waals surface area contributed by atoms with Gasteiger partial charge in [0.1, 0.15) is 5.75 Å². The van der Waals surface area contributed by atoms with Gasteiger partial charge in [-0.25, -0.2) is 18.4 Å². The van der Waals surface area contributed by atoms with E-state index >= 15 is 0 Å². The molecule has 1 aromatic rings. The number of hydrogen-bond donors (Lipinski definition) is 2. The number of benzene rings is 1. The first kappa shape index (κ1) is 14.3. The van der Waals surface area contributed by atoms with Crippen LogP contribution in [0.1, 0.15) is 6.92 Å². The predicted molar refractivity (Wildman–Crippen MR) is 65.0 cm³/mol. The molecule has 0 radical (unpaired) electrons. The molecule has 18 heavy (non-hydrogen) atoms. The van der Waals surface area contributed by atoms with Gasteiger partial charge in [0.05, 0.1) is 24.3 Å². The van der Waals surface area contributed by atoms with Gasteiger partial charge in [0, 0.05) is 0 Å². The van der Waals surface area contributed by atoms with E-state index in [2.05, 4.69) is 10.1 Å². The van der Waals surface area contributed by atoms with Gasteiger partial charge < -0.3 is 9.47 Å². The molecule has 0 saturated carbocycles. The van der Waals surface area contributed by atoms with Gasteiger partial charge in [0.15, 0.2) is 0 Å². The number of hydrogen-bond acceptors (Lipinski definition) is 5. The van der Waals surface area contributed by atoms with Crippen molar-refractivity contribution < 1.29 is 22.7 Å². The third kappa shape index (κ3) is 3.60. The summed E-state index contributed by atoms with van der Waals surface area (Å²) in [4.78, 5) is 11.1. The van der Waals surface area contributed by atoms with Crippen LogP contribution in [0.25, 0.3) is 0 Å². The fraction of sp³-hybridized carbons (Fsp3) is 0.300. The smallest absolute Gasteiger partial charge is 0.411 e. The Kier molecular flexibility index (Phi) is 4.51. The highest BCUT2D eigenvalue weighted by molar-refractivity contribution is 7.89. The SMILES string of the molecule is CCOC(=O)Nc1cc(S(N)(=O)=O)ccc1OC. The Hall–Kier alpha value is -1.80. The van der Waals surface area contributed by atoms with E-state index in [0.717, 1.165) is 0 Å². The van der Waals surface area contributed by atoms with E-state index in [0.29, 0.717) is 5.75 Å². The molecule has 1 aromatic carbocycles. The van der Waals surface area contributed by atoms with Crippen LogP contribution in [-0.4, -0.2) is 28.2 Å². The van der Waals surface area contributed by atoms with E-state index in [1.54, 1.807) is 6.92 Å². The minimum absolute atomic E-state index is 0.130. The number of primary sulfonamides is 1. The van der Waals surface area contributed by atoms with Crippen molar-refractivity contribution in [2.75, 3.05) is 19.0 Å². The second-order valence-electron chi connectivity index (χ2n) is 3.25. The molecule has 0 saturated heterocycles. The number of nitrogens with one attached hydrogen (secondary N) is 1. The summed E-state index contributed by atoms with van der Waals surface area (Å²) in [5.41, 5.74) is 0.169. The lowest BCUT2D eigenvalue weighted by Crippen LogP contribution is -2.16. The summed E-state index contributed by atoms with van der Waals surface area (Å²) in [6.07, 6.45) is -0.706. The van der Waals surface area contributed by atoms with Crippen molar-refractivity contribution in [3.8, 4) is 5.75 Å². The number of carbonyl (C=O) groups is 1. The molecule has 0 aliphatic carbocycles. The summed E-state index contributed by atoms with van der Waals surface area (Å²) >= 11 is 0. The van der Waals surface area contributed by atoms with Crippen LogP contribution in [0.5, 0.6) is 5.75 Å². The predicted octanol–water partition coefficient (Wildman–Crippen LogP) is 0.911. The zero-order valence-corrected chi connectivity index (χ0v) is 10.8. The Morgan fingerprint density at radius 2 is 2.11 bits per heavy atom. The second-order valence-corrected chi connectivity index (χ2v) is 4.81. The molecule has 0 heterocycles. The second kappa shape index (κ2) is 5.69. The van der Waals surface area contributed by atoms with Crippen molar-refractivity contribution in [2.45, 2.75) is 11.8 Å². The lowest BCUT2D eigenvalue weighted by Gasteiger charge is -2.11. The van der Waals surface area contributed by atoms with Gasteiger partial charge in [-0.15, -0.1) is 0 Å². The van der Waals surface area contributed by atoms with Crippen molar-refractivity contribution in [3.05, 3.63) is 18.2 Å². The van der Waals surface area contributed by atoms with Crippen LogP contribution in [0, 0.1) is 0 Å². The summed E-state index contributed by atoms with van der Waals surface area (Å²) < 4.78 is 32.0. The van der Waals surface area contributed by atoms with Crippen LogP contribution in [-0.2, 0) is 14.8 Å². The Bertz CT molecular complexity index is 541. The molecule has 0 aliphatic rings. The largest absolute Gasteiger partial charge is 0.495 e. The minimum atomic E-state index is -3.85. The first-order chi connectivity index (χ1) is 8.38. The average molecular weight is 274 g/mol. The highest BCUT2D eigenvalue weighted by Gasteiger charge is 2.14. The number of carbonyl (C=O) groups excluding carboxylic acids is 1. The summed E-state index contributed by atoms with van der Waals surface area (Å²) in [5.74, 6) is 0.301. The molecular formula is C10H14N2O5S. The number of rotatable bonds is 4. The molecule has 0 spiro atoms. The van der Waals surface area contributed by atoms with Crippen LogP contribution in [0.2, 0.25) is 0 Å². The van der Waals surface area contributed by atoms with E-state index in [1.807, 2.05) is 0 Å². The molecule has 0 aliphatic heterocycles. The number of ether oxygens (including phenoxy) is 2. The van der Waals surface area contributed by atoms with E-state index < -0.39 is 16.1 Å². The summed E-state index contributed by atoms with van der Waals surface area (Å²) in [5, 5.41) is 7.36. The Morgan fingerprint density at radius 3 is 2.61 bits per heavy atom. The summed E-state index contributed by atoms with van der Waals surface area (Å²) in [6, 6.07) is 3.87. The third-order valence-electron chi connectivity index (χ3n) is 2.01. The molecule has 3 N–H and O–H groups in total. The van der Waals surface area contributed by atoms with Crippen LogP contribution in [0.15, 0.2) is 23.1 Å². The van der Waals surface area contributed by atoms with Crippen LogP contribution < -0.4 is 15.2 Å². The molecule has 0 aromatic heterocycles. The maximum atomic E-state index is 11.3. The zero-order valence-electron chi connectivity index (χ0n) is 9.97. The lowest BCUT2D eigenvalue weighted by molar-refractivity contribution is 0.168. The molecule has 7 nitrogen and oxygen atoms in total. The first-order valence-corrected chi connectivity index (χ1v) is 6.57. The zero-order chi connectivity index (χ0) is 13.8.